The SMILES string of the molecule is CC(C)(C)N(CC(O)COc1ccccc1)c1cccs1. The van der Waals surface area contributed by atoms with Crippen LogP contribution in [0, 0.1) is 0 Å². The third kappa shape index (κ3) is 4.76. The zero-order valence-electron chi connectivity index (χ0n) is 12.8. The molecule has 0 aliphatic rings. The number of ether oxygens (including phenoxy) is 1. The summed E-state index contributed by atoms with van der Waals surface area (Å²) < 4.78 is 5.63. The highest BCUT2D eigenvalue weighted by atomic mass is 32.1. The van der Waals surface area contributed by atoms with Gasteiger partial charge in [-0.1, -0.05) is 18.2 Å². The Kier molecular flexibility index (Phi) is 5.26. The second kappa shape index (κ2) is 6.96. The minimum atomic E-state index is -0.536. The number of hydrogen-bond donors (Lipinski definition) is 1. The van der Waals surface area contributed by atoms with Gasteiger partial charge in [0, 0.05) is 12.1 Å². The molecule has 3 nitrogen and oxygen atoms in total. The molecule has 4 heteroatoms. The topological polar surface area (TPSA) is 32.7 Å². The van der Waals surface area contributed by atoms with Gasteiger partial charge in [-0.05, 0) is 50.4 Å². The lowest BCUT2D eigenvalue weighted by atomic mass is 10.1. The molecule has 21 heavy (non-hydrogen) atoms. The second-order valence-corrected chi connectivity index (χ2v) is 6.94. The van der Waals surface area contributed by atoms with E-state index in [0.717, 1.165) is 5.75 Å². The summed E-state index contributed by atoms with van der Waals surface area (Å²) in [5.74, 6) is 0.787. The number of benzene rings is 1. The number of thiophene rings is 1. The molecule has 0 aliphatic carbocycles. The van der Waals surface area contributed by atoms with Crippen molar-refractivity contribution in [2.75, 3.05) is 18.1 Å². The Balaban J connectivity index is 1.94. The average Bonchev–Trinajstić information content (AvgIpc) is 2.96. The highest BCUT2D eigenvalue weighted by Crippen LogP contribution is 2.28. The van der Waals surface area contributed by atoms with E-state index in [-0.39, 0.29) is 5.54 Å². The largest absolute Gasteiger partial charge is 0.491 e. The molecule has 2 aromatic rings. The Bertz CT molecular complexity index is 519. The number of anilines is 1. The summed E-state index contributed by atoms with van der Waals surface area (Å²) in [7, 11) is 0. The molecule has 114 valence electrons. The van der Waals surface area contributed by atoms with E-state index >= 15 is 0 Å². The van der Waals surface area contributed by atoms with E-state index in [1.54, 1.807) is 11.3 Å². The lowest BCUT2D eigenvalue weighted by molar-refractivity contribution is 0.108. The number of para-hydroxylation sites is 1. The fourth-order valence-corrected chi connectivity index (χ4v) is 3.02. The van der Waals surface area contributed by atoms with Gasteiger partial charge in [0.1, 0.15) is 18.5 Å². The molecular weight excluding hydrogens is 282 g/mol. The Hall–Kier alpha value is -1.52. The van der Waals surface area contributed by atoms with E-state index in [1.165, 1.54) is 5.00 Å². The van der Waals surface area contributed by atoms with Gasteiger partial charge in [0.2, 0.25) is 0 Å². The van der Waals surface area contributed by atoms with Gasteiger partial charge in [-0.2, -0.15) is 0 Å². The van der Waals surface area contributed by atoms with Gasteiger partial charge in [-0.15, -0.1) is 11.3 Å². The van der Waals surface area contributed by atoms with Crippen molar-refractivity contribution in [1.29, 1.82) is 0 Å². The third-order valence-corrected chi connectivity index (χ3v) is 4.05. The first-order valence-electron chi connectivity index (χ1n) is 7.14. The van der Waals surface area contributed by atoms with Gasteiger partial charge < -0.3 is 14.7 Å². The minimum absolute atomic E-state index is 0.0431. The summed E-state index contributed by atoms with van der Waals surface area (Å²) in [5, 5.41) is 13.5. The van der Waals surface area contributed by atoms with Crippen LogP contribution >= 0.6 is 11.3 Å². The van der Waals surface area contributed by atoms with Crippen LogP contribution in [-0.4, -0.2) is 29.9 Å². The van der Waals surface area contributed by atoms with E-state index in [4.69, 9.17) is 4.74 Å². The first-order valence-corrected chi connectivity index (χ1v) is 8.02. The molecule has 1 aromatic heterocycles. The van der Waals surface area contributed by atoms with Crippen molar-refractivity contribution < 1.29 is 9.84 Å². The quantitative estimate of drug-likeness (QED) is 0.881. The lowest BCUT2D eigenvalue weighted by Gasteiger charge is -2.37. The molecular formula is C17H23NO2S. The van der Waals surface area contributed by atoms with Gasteiger partial charge >= 0.3 is 0 Å². The number of aliphatic hydroxyl groups is 1. The molecule has 0 radical (unpaired) electrons. The normalized spacial score (nSPS) is 13.0. The average molecular weight is 305 g/mol. The maximum atomic E-state index is 10.3. The van der Waals surface area contributed by atoms with Crippen LogP contribution in [0.5, 0.6) is 5.75 Å². The molecule has 1 heterocycles. The number of aliphatic hydroxyl groups excluding tert-OH is 1. The van der Waals surface area contributed by atoms with Gasteiger partial charge in [0.15, 0.2) is 0 Å². The molecule has 1 N–H and O–H groups in total. The molecule has 0 saturated carbocycles. The minimum Gasteiger partial charge on any atom is -0.491 e. The number of hydrogen-bond acceptors (Lipinski definition) is 4. The van der Waals surface area contributed by atoms with Crippen molar-refractivity contribution in [3.63, 3.8) is 0 Å². The Morgan fingerprint density at radius 1 is 1.14 bits per heavy atom. The Labute approximate surface area is 130 Å². The van der Waals surface area contributed by atoms with Gasteiger partial charge in [-0.25, -0.2) is 0 Å². The van der Waals surface area contributed by atoms with Crippen LogP contribution in [0.25, 0.3) is 0 Å². The van der Waals surface area contributed by atoms with E-state index < -0.39 is 6.10 Å². The monoisotopic (exact) mass is 305 g/mol. The zero-order valence-corrected chi connectivity index (χ0v) is 13.6. The van der Waals surface area contributed by atoms with E-state index in [1.807, 2.05) is 36.4 Å². The number of β-amino-alcohol motifs (C(OH)–C–C–N with tert-alkyl or cyclic N) is 1. The fraction of sp³-hybridized carbons (Fsp3) is 0.412. The molecule has 0 aliphatic heterocycles. The molecule has 1 atom stereocenters. The highest BCUT2D eigenvalue weighted by molar-refractivity contribution is 7.14. The van der Waals surface area contributed by atoms with Crippen LogP contribution in [0.1, 0.15) is 20.8 Å². The van der Waals surface area contributed by atoms with Crippen molar-refractivity contribution in [3.8, 4) is 5.75 Å². The lowest BCUT2D eigenvalue weighted by Crippen LogP contribution is -2.46. The van der Waals surface area contributed by atoms with E-state index in [2.05, 4.69) is 37.1 Å². The van der Waals surface area contributed by atoms with Crippen molar-refractivity contribution in [2.24, 2.45) is 0 Å². The van der Waals surface area contributed by atoms with Crippen LogP contribution in [0.2, 0.25) is 0 Å². The van der Waals surface area contributed by atoms with Crippen molar-refractivity contribution >= 4 is 16.3 Å². The number of nitrogens with zero attached hydrogens (tertiary/aromatic N) is 1. The molecule has 0 spiro atoms. The predicted octanol–water partition coefficient (Wildman–Crippen LogP) is 3.79. The molecule has 0 amide bonds. The molecule has 1 aromatic carbocycles. The fourth-order valence-electron chi connectivity index (χ4n) is 2.09. The summed E-state index contributed by atoms with van der Waals surface area (Å²) in [6.45, 7) is 7.30. The molecule has 0 bridgehead atoms. The van der Waals surface area contributed by atoms with Crippen LogP contribution < -0.4 is 9.64 Å². The Morgan fingerprint density at radius 3 is 2.43 bits per heavy atom. The van der Waals surface area contributed by atoms with E-state index in [0.29, 0.717) is 13.2 Å². The van der Waals surface area contributed by atoms with Crippen LogP contribution in [0.3, 0.4) is 0 Å². The third-order valence-electron chi connectivity index (χ3n) is 3.16. The highest BCUT2D eigenvalue weighted by Gasteiger charge is 2.25. The standard InChI is InChI=1S/C17H23NO2S/c1-17(2,3)18(16-10-7-11-21-16)12-14(19)13-20-15-8-5-4-6-9-15/h4-11,14,19H,12-13H2,1-3H3. The second-order valence-electron chi connectivity index (χ2n) is 6.01. The molecule has 0 saturated heterocycles. The summed E-state index contributed by atoms with van der Waals surface area (Å²) in [6.07, 6.45) is -0.536. The first kappa shape index (κ1) is 15.9. The van der Waals surface area contributed by atoms with Crippen LogP contribution in [-0.2, 0) is 0 Å². The van der Waals surface area contributed by atoms with Crippen LogP contribution in [0.4, 0.5) is 5.00 Å². The maximum absolute atomic E-state index is 10.3. The van der Waals surface area contributed by atoms with Crippen molar-refractivity contribution in [3.05, 3.63) is 47.8 Å². The smallest absolute Gasteiger partial charge is 0.119 e. The van der Waals surface area contributed by atoms with E-state index in [9.17, 15) is 5.11 Å². The predicted molar refractivity (Wildman–Crippen MR) is 89.4 cm³/mol. The zero-order chi connectivity index (χ0) is 15.3. The Morgan fingerprint density at radius 2 is 1.86 bits per heavy atom. The summed E-state index contributed by atoms with van der Waals surface area (Å²) in [5.41, 5.74) is -0.0431. The summed E-state index contributed by atoms with van der Waals surface area (Å²) in [4.78, 5) is 2.22. The van der Waals surface area contributed by atoms with Gasteiger partial charge in [-0.3, -0.25) is 0 Å². The summed E-state index contributed by atoms with van der Waals surface area (Å²) in [6, 6.07) is 13.7. The summed E-state index contributed by atoms with van der Waals surface area (Å²) >= 11 is 1.69. The molecule has 1 unspecified atom stereocenters. The molecule has 2 rings (SSSR count). The van der Waals surface area contributed by atoms with Gasteiger partial charge in [0.05, 0.1) is 5.00 Å². The molecule has 0 fully saturated rings. The first-order chi connectivity index (χ1) is 9.97. The van der Waals surface area contributed by atoms with Crippen molar-refractivity contribution in [1.82, 2.24) is 0 Å². The van der Waals surface area contributed by atoms with Crippen LogP contribution in [0.15, 0.2) is 47.8 Å². The maximum Gasteiger partial charge on any atom is 0.119 e. The number of rotatable bonds is 6. The van der Waals surface area contributed by atoms with Gasteiger partial charge in [0.25, 0.3) is 0 Å². The van der Waals surface area contributed by atoms with Crippen molar-refractivity contribution in [2.45, 2.75) is 32.4 Å².